The average Bonchev–Trinajstić information content (AvgIpc) is 2.66. The van der Waals surface area contributed by atoms with E-state index in [2.05, 4.69) is 10.4 Å². The fourth-order valence-corrected chi connectivity index (χ4v) is 1.41. The summed E-state index contributed by atoms with van der Waals surface area (Å²) in [5, 5.41) is 16.1. The number of aromatic nitrogens is 3. The van der Waals surface area contributed by atoms with Gasteiger partial charge < -0.3 is 10.4 Å². The van der Waals surface area contributed by atoms with Crippen molar-refractivity contribution in [1.29, 1.82) is 0 Å². The van der Waals surface area contributed by atoms with Gasteiger partial charge in [-0.25, -0.2) is 9.48 Å². The first kappa shape index (κ1) is 14.4. The summed E-state index contributed by atoms with van der Waals surface area (Å²) >= 11 is 0. The van der Waals surface area contributed by atoms with Crippen LogP contribution in [0.15, 0.2) is 11.1 Å². The van der Waals surface area contributed by atoms with Crippen LogP contribution in [0.1, 0.15) is 20.3 Å². The molecule has 1 aromatic rings. The first-order valence-electron chi connectivity index (χ1n) is 5.98. The lowest BCUT2D eigenvalue weighted by Crippen LogP contribution is -2.39. The Morgan fingerprint density at radius 3 is 2.78 bits per heavy atom. The number of aliphatic hydroxyl groups is 1. The van der Waals surface area contributed by atoms with E-state index in [0.29, 0.717) is 0 Å². The Bertz CT molecular complexity index is 451. The second-order valence-electron chi connectivity index (χ2n) is 4.44. The number of hydrogen-bond donors (Lipinski definition) is 2. The summed E-state index contributed by atoms with van der Waals surface area (Å²) in [6.07, 6.45) is 1.62. The third kappa shape index (κ3) is 3.69. The standard InChI is InChI=1S/C11H20N4O3/c1-4-8(2)9(16)5-12-10(17)6-15-11(18)14(3)7-13-15/h7-9,16H,4-6H2,1-3H3,(H,12,17). The Hall–Kier alpha value is -1.63. The third-order valence-corrected chi connectivity index (χ3v) is 2.99. The van der Waals surface area contributed by atoms with Crippen molar-refractivity contribution in [2.24, 2.45) is 13.0 Å². The van der Waals surface area contributed by atoms with Crippen molar-refractivity contribution in [2.75, 3.05) is 6.54 Å². The molecule has 2 atom stereocenters. The van der Waals surface area contributed by atoms with Gasteiger partial charge in [-0.2, -0.15) is 5.10 Å². The van der Waals surface area contributed by atoms with Crippen molar-refractivity contribution < 1.29 is 9.90 Å². The predicted molar refractivity (Wildman–Crippen MR) is 65.9 cm³/mol. The summed E-state index contributed by atoms with van der Waals surface area (Å²) in [5.41, 5.74) is -0.340. The van der Waals surface area contributed by atoms with Crippen molar-refractivity contribution >= 4 is 5.91 Å². The van der Waals surface area contributed by atoms with E-state index in [1.165, 1.54) is 10.9 Å². The normalized spacial score (nSPS) is 14.2. The van der Waals surface area contributed by atoms with Crippen LogP contribution in [0, 0.1) is 5.92 Å². The van der Waals surface area contributed by atoms with Gasteiger partial charge in [0.25, 0.3) is 0 Å². The van der Waals surface area contributed by atoms with Crippen molar-refractivity contribution in [1.82, 2.24) is 19.7 Å². The number of aryl methyl sites for hydroxylation is 1. The molecule has 0 bridgehead atoms. The second-order valence-corrected chi connectivity index (χ2v) is 4.44. The summed E-state index contributed by atoms with van der Waals surface area (Å²) in [6, 6.07) is 0. The number of carbonyl (C=O) groups is 1. The predicted octanol–water partition coefficient (Wildman–Crippen LogP) is -0.895. The molecule has 2 N–H and O–H groups in total. The largest absolute Gasteiger partial charge is 0.391 e. The van der Waals surface area contributed by atoms with Gasteiger partial charge in [0.1, 0.15) is 12.9 Å². The molecule has 0 spiro atoms. The Labute approximate surface area is 105 Å². The van der Waals surface area contributed by atoms with Crippen LogP contribution >= 0.6 is 0 Å². The van der Waals surface area contributed by atoms with Crippen LogP contribution in [0.5, 0.6) is 0 Å². The Morgan fingerprint density at radius 1 is 1.61 bits per heavy atom. The molecule has 1 amide bonds. The van der Waals surface area contributed by atoms with E-state index in [9.17, 15) is 14.7 Å². The van der Waals surface area contributed by atoms with Gasteiger partial charge in [-0.3, -0.25) is 9.36 Å². The first-order valence-corrected chi connectivity index (χ1v) is 5.98. The maximum Gasteiger partial charge on any atom is 0.345 e. The van der Waals surface area contributed by atoms with Gasteiger partial charge in [0.2, 0.25) is 5.91 Å². The van der Waals surface area contributed by atoms with Crippen LogP contribution in [0.2, 0.25) is 0 Å². The maximum atomic E-state index is 11.6. The van der Waals surface area contributed by atoms with Crippen molar-refractivity contribution in [2.45, 2.75) is 32.9 Å². The average molecular weight is 256 g/mol. The molecule has 7 nitrogen and oxygen atoms in total. The van der Waals surface area contributed by atoms with Crippen molar-refractivity contribution in [3.8, 4) is 0 Å². The number of carbonyl (C=O) groups excluding carboxylic acids is 1. The number of hydrogen-bond acceptors (Lipinski definition) is 4. The Balaban J connectivity index is 2.43. The van der Waals surface area contributed by atoms with Gasteiger partial charge in [-0.15, -0.1) is 0 Å². The molecule has 0 aliphatic carbocycles. The molecule has 0 fully saturated rings. The molecule has 1 rings (SSSR count). The van der Waals surface area contributed by atoms with E-state index < -0.39 is 6.10 Å². The number of nitrogens with one attached hydrogen (secondary N) is 1. The molecule has 0 saturated carbocycles. The van der Waals surface area contributed by atoms with E-state index >= 15 is 0 Å². The molecular weight excluding hydrogens is 236 g/mol. The van der Waals surface area contributed by atoms with Crippen molar-refractivity contribution in [3.63, 3.8) is 0 Å². The lowest BCUT2D eigenvalue weighted by molar-refractivity contribution is -0.122. The van der Waals surface area contributed by atoms with Crippen LogP contribution in [-0.4, -0.2) is 38.0 Å². The van der Waals surface area contributed by atoms with Gasteiger partial charge in [0.15, 0.2) is 0 Å². The molecule has 7 heteroatoms. The van der Waals surface area contributed by atoms with Crippen LogP contribution in [-0.2, 0) is 18.4 Å². The second kappa shape index (κ2) is 6.34. The zero-order valence-corrected chi connectivity index (χ0v) is 11.0. The molecule has 2 unspecified atom stereocenters. The van der Waals surface area contributed by atoms with Crippen LogP contribution in [0.4, 0.5) is 0 Å². The highest BCUT2D eigenvalue weighted by Gasteiger charge is 2.14. The van der Waals surface area contributed by atoms with Crippen LogP contribution < -0.4 is 11.0 Å². The molecule has 102 valence electrons. The molecule has 0 aromatic carbocycles. The third-order valence-electron chi connectivity index (χ3n) is 2.99. The molecular formula is C11H20N4O3. The van der Waals surface area contributed by atoms with Gasteiger partial charge in [-0.05, 0) is 5.92 Å². The summed E-state index contributed by atoms with van der Waals surface area (Å²) in [7, 11) is 1.57. The number of nitrogens with zero attached hydrogens (tertiary/aromatic N) is 3. The molecule has 18 heavy (non-hydrogen) atoms. The maximum absolute atomic E-state index is 11.6. The molecule has 1 heterocycles. The van der Waals surface area contributed by atoms with Crippen molar-refractivity contribution in [3.05, 3.63) is 16.8 Å². The SMILES string of the molecule is CCC(C)C(O)CNC(=O)Cn1ncn(C)c1=O. The fourth-order valence-electron chi connectivity index (χ4n) is 1.41. The molecule has 0 aliphatic heterocycles. The number of rotatable bonds is 6. The fraction of sp³-hybridized carbons (Fsp3) is 0.727. The van der Waals surface area contributed by atoms with E-state index in [1.807, 2.05) is 13.8 Å². The summed E-state index contributed by atoms with van der Waals surface area (Å²) in [4.78, 5) is 23.0. The van der Waals surface area contributed by atoms with Crippen LogP contribution in [0.3, 0.4) is 0 Å². The number of aliphatic hydroxyl groups excluding tert-OH is 1. The Morgan fingerprint density at radius 2 is 2.28 bits per heavy atom. The lowest BCUT2D eigenvalue weighted by atomic mass is 10.0. The number of amides is 1. The minimum absolute atomic E-state index is 0.128. The van der Waals surface area contributed by atoms with Gasteiger partial charge in [0.05, 0.1) is 6.10 Å². The monoisotopic (exact) mass is 256 g/mol. The zero-order valence-electron chi connectivity index (χ0n) is 11.0. The van der Waals surface area contributed by atoms with Gasteiger partial charge in [-0.1, -0.05) is 20.3 Å². The van der Waals surface area contributed by atoms with E-state index in [4.69, 9.17) is 0 Å². The van der Waals surface area contributed by atoms with Crippen LogP contribution in [0.25, 0.3) is 0 Å². The van der Waals surface area contributed by atoms with Gasteiger partial charge >= 0.3 is 5.69 Å². The minimum Gasteiger partial charge on any atom is -0.391 e. The summed E-state index contributed by atoms with van der Waals surface area (Å²) in [5.74, 6) is -0.207. The van der Waals surface area contributed by atoms with E-state index in [1.54, 1.807) is 7.05 Å². The van der Waals surface area contributed by atoms with E-state index in [-0.39, 0.29) is 30.6 Å². The Kier molecular flexibility index (Phi) is 5.08. The molecule has 0 radical (unpaired) electrons. The lowest BCUT2D eigenvalue weighted by Gasteiger charge is -2.17. The minimum atomic E-state index is -0.570. The smallest absolute Gasteiger partial charge is 0.345 e. The molecule has 0 saturated heterocycles. The summed E-state index contributed by atoms with van der Waals surface area (Å²) < 4.78 is 2.37. The summed E-state index contributed by atoms with van der Waals surface area (Å²) in [6.45, 7) is 3.95. The molecule has 1 aromatic heterocycles. The highest BCUT2D eigenvalue weighted by molar-refractivity contribution is 5.75. The van der Waals surface area contributed by atoms with Gasteiger partial charge in [0, 0.05) is 13.6 Å². The topological polar surface area (TPSA) is 89.2 Å². The highest BCUT2D eigenvalue weighted by Crippen LogP contribution is 2.05. The first-order chi connectivity index (χ1) is 8.45. The quantitative estimate of drug-likeness (QED) is 0.690. The van der Waals surface area contributed by atoms with E-state index in [0.717, 1.165) is 11.1 Å². The molecule has 0 aliphatic rings. The zero-order chi connectivity index (χ0) is 13.7. The highest BCUT2D eigenvalue weighted by atomic mass is 16.3.